The maximum atomic E-state index is 11.6. The third-order valence-electron chi connectivity index (χ3n) is 3.35. The van der Waals surface area contributed by atoms with Crippen LogP contribution in [0.2, 0.25) is 5.02 Å². The molecule has 6 heteroatoms. The SMILES string of the molecule is CC(O)c1ccc(N2CCCS(=O)(=O)CC2)c(Cl)c1. The van der Waals surface area contributed by atoms with Gasteiger partial charge < -0.3 is 10.0 Å². The van der Waals surface area contributed by atoms with Crippen LogP contribution in [0.4, 0.5) is 5.69 Å². The highest BCUT2D eigenvalue weighted by atomic mass is 35.5. The number of nitrogens with zero attached hydrogens (tertiary/aromatic N) is 1. The van der Waals surface area contributed by atoms with Crippen LogP contribution in [0.3, 0.4) is 0 Å². The van der Waals surface area contributed by atoms with Crippen LogP contribution < -0.4 is 4.90 Å². The molecule has 1 aromatic carbocycles. The largest absolute Gasteiger partial charge is 0.389 e. The molecular weight excluding hydrogens is 286 g/mol. The molecule has 19 heavy (non-hydrogen) atoms. The number of anilines is 1. The summed E-state index contributed by atoms with van der Waals surface area (Å²) in [6, 6.07) is 5.41. The zero-order valence-corrected chi connectivity index (χ0v) is 12.4. The summed E-state index contributed by atoms with van der Waals surface area (Å²) in [6.07, 6.45) is 0.0626. The minimum atomic E-state index is -2.92. The lowest BCUT2D eigenvalue weighted by Crippen LogP contribution is -2.27. The average molecular weight is 304 g/mol. The van der Waals surface area contributed by atoms with Crippen LogP contribution in [0.25, 0.3) is 0 Å². The Morgan fingerprint density at radius 3 is 2.68 bits per heavy atom. The van der Waals surface area contributed by atoms with E-state index in [1.165, 1.54) is 0 Å². The van der Waals surface area contributed by atoms with Crippen molar-refractivity contribution in [3.8, 4) is 0 Å². The van der Waals surface area contributed by atoms with Crippen molar-refractivity contribution in [1.29, 1.82) is 0 Å². The summed E-state index contributed by atoms with van der Waals surface area (Å²) in [5.41, 5.74) is 1.60. The van der Waals surface area contributed by atoms with E-state index in [1.807, 2.05) is 17.0 Å². The van der Waals surface area contributed by atoms with E-state index in [9.17, 15) is 13.5 Å². The van der Waals surface area contributed by atoms with Gasteiger partial charge in [0.2, 0.25) is 0 Å². The molecule has 1 aliphatic heterocycles. The molecule has 2 rings (SSSR count). The highest BCUT2D eigenvalue weighted by molar-refractivity contribution is 7.91. The molecule has 0 amide bonds. The first-order chi connectivity index (χ1) is 8.89. The maximum Gasteiger partial charge on any atom is 0.152 e. The number of aliphatic hydroxyl groups is 1. The van der Waals surface area contributed by atoms with Gasteiger partial charge in [-0.05, 0) is 31.0 Å². The molecule has 1 heterocycles. The molecule has 0 spiro atoms. The molecule has 0 saturated carbocycles. The number of hydrogen-bond donors (Lipinski definition) is 1. The first-order valence-corrected chi connectivity index (χ1v) is 8.52. The van der Waals surface area contributed by atoms with Crippen LogP contribution >= 0.6 is 11.6 Å². The predicted octanol–water partition coefficient (Wildman–Crippen LogP) is 2.02. The summed E-state index contributed by atoms with van der Waals surface area (Å²) < 4.78 is 23.2. The Kier molecular flexibility index (Phi) is 4.38. The standard InChI is InChI=1S/C13H18ClNO3S/c1-10(16)11-3-4-13(12(14)9-11)15-5-2-7-19(17,18)8-6-15/h3-4,9-10,16H,2,5-8H2,1H3. The summed E-state index contributed by atoms with van der Waals surface area (Å²) in [5, 5.41) is 10.1. The van der Waals surface area contributed by atoms with E-state index in [2.05, 4.69) is 0 Å². The molecule has 1 atom stereocenters. The summed E-state index contributed by atoms with van der Waals surface area (Å²) >= 11 is 6.23. The number of hydrogen-bond acceptors (Lipinski definition) is 4. The minimum Gasteiger partial charge on any atom is -0.389 e. The third-order valence-corrected chi connectivity index (χ3v) is 5.37. The van der Waals surface area contributed by atoms with Gasteiger partial charge in [-0.2, -0.15) is 0 Å². The fourth-order valence-corrected chi connectivity index (χ4v) is 3.80. The zero-order chi connectivity index (χ0) is 14.0. The van der Waals surface area contributed by atoms with Gasteiger partial charge in [-0.15, -0.1) is 0 Å². The number of sulfone groups is 1. The molecule has 1 saturated heterocycles. The fraction of sp³-hybridized carbons (Fsp3) is 0.538. The highest BCUT2D eigenvalue weighted by Crippen LogP contribution is 2.29. The Labute approximate surface area is 118 Å². The average Bonchev–Trinajstić information content (AvgIpc) is 2.50. The van der Waals surface area contributed by atoms with Gasteiger partial charge in [0.25, 0.3) is 0 Å². The van der Waals surface area contributed by atoms with Crippen LogP contribution in [-0.2, 0) is 9.84 Å². The smallest absolute Gasteiger partial charge is 0.152 e. The van der Waals surface area contributed by atoms with E-state index in [0.717, 1.165) is 11.3 Å². The van der Waals surface area contributed by atoms with Gasteiger partial charge in [0.05, 0.1) is 28.3 Å². The summed E-state index contributed by atoms with van der Waals surface area (Å²) in [4.78, 5) is 2.00. The molecule has 0 aliphatic carbocycles. The Hall–Kier alpha value is -0.780. The lowest BCUT2D eigenvalue weighted by molar-refractivity contribution is 0.199. The molecule has 1 fully saturated rings. The van der Waals surface area contributed by atoms with Gasteiger partial charge >= 0.3 is 0 Å². The second-order valence-electron chi connectivity index (χ2n) is 4.88. The molecule has 106 valence electrons. The van der Waals surface area contributed by atoms with E-state index in [-0.39, 0.29) is 11.5 Å². The normalized spacial score (nSPS) is 20.9. The van der Waals surface area contributed by atoms with Crippen molar-refractivity contribution in [2.75, 3.05) is 29.5 Å². The first kappa shape index (κ1) is 14.6. The molecule has 0 bridgehead atoms. The van der Waals surface area contributed by atoms with Crippen molar-refractivity contribution in [2.45, 2.75) is 19.4 Å². The van der Waals surface area contributed by atoms with Gasteiger partial charge in [-0.25, -0.2) is 8.42 Å². The van der Waals surface area contributed by atoms with Gasteiger partial charge in [0.15, 0.2) is 9.84 Å². The molecular formula is C13H18ClNO3S. The van der Waals surface area contributed by atoms with E-state index in [4.69, 9.17) is 11.6 Å². The predicted molar refractivity (Wildman–Crippen MR) is 77.6 cm³/mol. The summed E-state index contributed by atoms with van der Waals surface area (Å²) in [5.74, 6) is 0.411. The molecule has 4 nitrogen and oxygen atoms in total. The maximum absolute atomic E-state index is 11.6. The second-order valence-corrected chi connectivity index (χ2v) is 7.59. The molecule has 0 aromatic heterocycles. The second kappa shape index (κ2) is 5.69. The topological polar surface area (TPSA) is 57.6 Å². The van der Waals surface area contributed by atoms with Gasteiger partial charge in [-0.3, -0.25) is 0 Å². The molecule has 1 aromatic rings. The summed E-state index contributed by atoms with van der Waals surface area (Å²) in [7, 11) is -2.92. The first-order valence-electron chi connectivity index (χ1n) is 6.32. The van der Waals surface area contributed by atoms with Crippen LogP contribution in [0.15, 0.2) is 18.2 Å². The lowest BCUT2D eigenvalue weighted by atomic mass is 10.1. The lowest BCUT2D eigenvalue weighted by Gasteiger charge is -2.23. The van der Waals surface area contributed by atoms with Crippen molar-refractivity contribution < 1.29 is 13.5 Å². The third kappa shape index (κ3) is 3.61. The zero-order valence-electron chi connectivity index (χ0n) is 10.8. The van der Waals surface area contributed by atoms with E-state index in [1.54, 1.807) is 13.0 Å². The van der Waals surface area contributed by atoms with Crippen LogP contribution in [0, 0.1) is 0 Å². The molecule has 1 aliphatic rings. The summed E-state index contributed by atoms with van der Waals surface area (Å²) in [6.45, 7) is 2.84. The van der Waals surface area contributed by atoms with E-state index >= 15 is 0 Å². The monoisotopic (exact) mass is 303 g/mol. The van der Waals surface area contributed by atoms with E-state index in [0.29, 0.717) is 24.5 Å². The minimum absolute atomic E-state index is 0.168. The van der Waals surface area contributed by atoms with Crippen LogP contribution in [0.5, 0.6) is 0 Å². The number of aliphatic hydroxyl groups excluding tert-OH is 1. The van der Waals surface area contributed by atoms with Crippen molar-refractivity contribution in [1.82, 2.24) is 0 Å². The molecule has 1 N–H and O–H groups in total. The fourth-order valence-electron chi connectivity index (χ4n) is 2.22. The Balaban J connectivity index is 2.22. The van der Waals surface area contributed by atoms with Crippen LogP contribution in [-0.4, -0.2) is 38.1 Å². The van der Waals surface area contributed by atoms with Crippen molar-refractivity contribution in [2.24, 2.45) is 0 Å². The van der Waals surface area contributed by atoms with Gasteiger partial charge in [0.1, 0.15) is 0 Å². The number of rotatable bonds is 2. The molecule has 0 radical (unpaired) electrons. The molecule has 1 unspecified atom stereocenters. The Morgan fingerprint density at radius 1 is 1.32 bits per heavy atom. The van der Waals surface area contributed by atoms with Crippen LogP contribution in [0.1, 0.15) is 25.0 Å². The van der Waals surface area contributed by atoms with Gasteiger partial charge in [0, 0.05) is 13.1 Å². The Morgan fingerprint density at radius 2 is 2.05 bits per heavy atom. The number of benzene rings is 1. The van der Waals surface area contributed by atoms with Crippen molar-refractivity contribution in [3.63, 3.8) is 0 Å². The number of halogens is 1. The Bertz CT molecular complexity index is 557. The van der Waals surface area contributed by atoms with Gasteiger partial charge in [-0.1, -0.05) is 17.7 Å². The van der Waals surface area contributed by atoms with E-state index < -0.39 is 15.9 Å². The highest BCUT2D eigenvalue weighted by Gasteiger charge is 2.20. The van der Waals surface area contributed by atoms with Crippen molar-refractivity contribution in [3.05, 3.63) is 28.8 Å². The quantitative estimate of drug-likeness (QED) is 0.908. The van der Waals surface area contributed by atoms with Crippen molar-refractivity contribution >= 4 is 27.1 Å².